The van der Waals surface area contributed by atoms with Crippen molar-refractivity contribution in [1.82, 2.24) is 0 Å². The number of carbonyl (C=O) groups is 2. The molecule has 3 saturated carbocycles. The Balaban J connectivity index is 2.04. The first-order chi connectivity index (χ1) is 11.0. The van der Waals surface area contributed by atoms with E-state index in [2.05, 4.69) is 40.4 Å². The minimum Gasteiger partial charge on any atom is -0.468 e. The number of Topliss-reactive ketones (excluding diaryl/α,β-unsaturated/α-hetero) is 1. The number of ketones is 1. The van der Waals surface area contributed by atoms with E-state index in [4.69, 9.17) is 4.74 Å². The highest BCUT2D eigenvalue weighted by Gasteiger charge is 2.79. The normalized spacial score (nSPS) is 44.2. The molecule has 4 heteroatoms. The molecule has 0 aromatic rings. The van der Waals surface area contributed by atoms with Crippen LogP contribution < -0.4 is 0 Å². The molecule has 0 aromatic heterocycles. The van der Waals surface area contributed by atoms with Crippen LogP contribution in [0.3, 0.4) is 0 Å². The fourth-order valence-electron chi connectivity index (χ4n) is 6.65. The van der Waals surface area contributed by atoms with Crippen LogP contribution in [0.4, 0.5) is 0 Å². The predicted molar refractivity (Wildman–Crippen MR) is 98.4 cm³/mol. The number of methoxy groups -OCH3 is 1. The molecular weight excluding hydrogens is 316 g/mol. The molecule has 3 aliphatic rings. The lowest BCUT2D eigenvalue weighted by Crippen LogP contribution is -2.59. The van der Waals surface area contributed by atoms with Crippen molar-refractivity contribution in [1.29, 1.82) is 0 Å². The van der Waals surface area contributed by atoms with Gasteiger partial charge in [0.15, 0.2) is 5.78 Å². The summed E-state index contributed by atoms with van der Waals surface area (Å²) in [7, 11) is 0.116. The summed E-state index contributed by atoms with van der Waals surface area (Å²) in [5.74, 6) is 1.43. The molecular formula is C20H34O3Si. The zero-order valence-electron chi connectivity index (χ0n) is 16.4. The lowest BCUT2D eigenvalue weighted by Gasteiger charge is -2.54. The van der Waals surface area contributed by atoms with Gasteiger partial charge in [-0.2, -0.15) is 0 Å². The van der Waals surface area contributed by atoms with Crippen molar-refractivity contribution < 1.29 is 14.3 Å². The highest BCUT2D eigenvalue weighted by Crippen LogP contribution is 2.75. The van der Waals surface area contributed by atoms with Crippen LogP contribution in [0.5, 0.6) is 0 Å². The van der Waals surface area contributed by atoms with E-state index in [1.54, 1.807) is 0 Å². The van der Waals surface area contributed by atoms with Crippen LogP contribution in [0.2, 0.25) is 25.7 Å². The van der Waals surface area contributed by atoms with Crippen LogP contribution in [0, 0.1) is 40.4 Å². The molecule has 3 fully saturated rings. The Bertz CT molecular complexity index is 564. The van der Waals surface area contributed by atoms with Crippen LogP contribution in [0.1, 0.15) is 40.0 Å². The van der Waals surface area contributed by atoms with Gasteiger partial charge in [-0.15, -0.1) is 0 Å². The predicted octanol–water partition coefficient (Wildman–Crippen LogP) is 4.39. The number of carbonyl (C=O) groups excluding carboxylic acids is 2. The topological polar surface area (TPSA) is 43.4 Å². The first kappa shape index (κ1) is 18.2. The van der Waals surface area contributed by atoms with Gasteiger partial charge in [-0.25, -0.2) is 0 Å². The molecule has 3 aliphatic carbocycles. The molecule has 3 nitrogen and oxygen atoms in total. The summed E-state index contributed by atoms with van der Waals surface area (Å²) < 4.78 is 5.24. The molecule has 0 saturated heterocycles. The molecule has 0 amide bonds. The van der Waals surface area contributed by atoms with Crippen molar-refractivity contribution in [2.45, 2.75) is 65.7 Å². The van der Waals surface area contributed by atoms with E-state index >= 15 is 0 Å². The van der Waals surface area contributed by atoms with E-state index in [-0.39, 0.29) is 34.9 Å². The van der Waals surface area contributed by atoms with Crippen LogP contribution in [-0.2, 0) is 14.3 Å². The average molecular weight is 351 g/mol. The number of hydrogen-bond acceptors (Lipinski definition) is 3. The maximum Gasteiger partial charge on any atom is 0.319 e. The van der Waals surface area contributed by atoms with Crippen LogP contribution in [0.15, 0.2) is 0 Å². The van der Waals surface area contributed by atoms with Crippen LogP contribution in [-0.4, -0.2) is 26.9 Å². The monoisotopic (exact) mass is 350 g/mol. The van der Waals surface area contributed by atoms with Crippen molar-refractivity contribution in [3.8, 4) is 0 Å². The Morgan fingerprint density at radius 3 is 2.46 bits per heavy atom. The minimum atomic E-state index is -1.34. The summed E-state index contributed by atoms with van der Waals surface area (Å²) in [6.07, 6.45) is 3.27. The van der Waals surface area contributed by atoms with Gasteiger partial charge in [-0.05, 0) is 48.3 Å². The Morgan fingerprint density at radius 1 is 1.33 bits per heavy atom. The summed E-state index contributed by atoms with van der Waals surface area (Å²) >= 11 is 0. The molecule has 0 heterocycles. The van der Waals surface area contributed by atoms with E-state index in [1.165, 1.54) is 7.11 Å². The second kappa shape index (κ2) is 5.42. The highest BCUT2D eigenvalue weighted by atomic mass is 28.3. The van der Waals surface area contributed by atoms with E-state index < -0.39 is 13.5 Å². The van der Waals surface area contributed by atoms with Crippen LogP contribution >= 0.6 is 0 Å². The highest BCUT2D eigenvalue weighted by molar-refractivity contribution is 6.76. The smallest absolute Gasteiger partial charge is 0.319 e. The lowest BCUT2D eigenvalue weighted by molar-refractivity contribution is -0.178. The van der Waals surface area contributed by atoms with Gasteiger partial charge in [-0.1, -0.05) is 46.5 Å². The first-order valence-electron chi connectivity index (χ1n) is 9.63. The summed E-state index contributed by atoms with van der Waals surface area (Å²) in [6, 6.07) is 1.06. The first-order valence-corrected chi connectivity index (χ1v) is 13.3. The van der Waals surface area contributed by atoms with E-state index in [1.807, 2.05) is 0 Å². The minimum absolute atomic E-state index is 0.0101. The molecule has 0 N–H and O–H groups in total. The van der Waals surface area contributed by atoms with Gasteiger partial charge in [0.1, 0.15) is 5.41 Å². The molecule has 0 aliphatic heterocycles. The third-order valence-corrected chi connectivity index (χ3v) is 9.31. The Morgan fingerprint density at radius 2 is 1.96 bits per heavy atom. The summed E-state index contributed by atoms with van der Waals surface area (Å²) in [6.45, 7) is 13.8. The molecule has 1 unspecified atom stereocenters. The number of fused-ring (bicyclic) bond motifs is 3. The van der Waals surface area contributed by atoms with Gasteiger partial charge in [0.05, 0.1) is 7.11 Å². The summed E-state index contributed by atoms with van der Waals surface area (Å²) in [5, 5.41) is 0. The van der Waals surface area contributed by atoms with E-state index in [9.17, 15) is 9.59 Å². The fraction of sp³-hybridized carbons (Fsp3) is 0.900. The van der Waals surface area contributed by atoms with Crippen molar-refractivity contribution >= 4 is 19.8 Å². The molecule has 6 atom stereocenters. The maximum atomic E-state index is 13.7. The largest absolute Gasteiger partial charge is 0.468 e. The molecule has 24 heavy (non-hydrogen) atoms. The molecule has 0 spiro atoms. The third kappa shape index (κ3) is 2.14. The van der Waals surface area contributed by atoms with Gasteiger partial charge in [0.25, 0.3) is 0 Å². The number of hydrogen-bond donors (Lipinski definition) is 0. The van der Waals surface area contributed by atoms with Gasteiger partial charge >= 0.3 is 5.97 Å². The van der Waals surface area contributed by atoms with Crippen molar-refractivity contribution in [3.05, 3.63) is 0 Å². The lowest BCUT2D eigenvalue weighted by atomic mass is 9.50. The van der Waals surface area contributed by atoms with E-state index in [0.717, 1.165) is 25.3 Å². The Labute approximate surface area is 147 Å². The van der Waals surface area contributed by atoms with Gasteiger partial charge in [-0.3, -0.25) is 9.59 Å². The zero-order valence-corrected chi connectivity index (χ0v) is 17.4. The SMILES string of the molecule is COC(=O)[C@@]12C(=O)C3[C@@H](C(C)C)CC[C@]3(C)[C@@H]1C[C@H]2C[Si](C)(C)C. The van der Waals surface area contributed by atoms with Gasteiger partial charge < -0.3 is 4.74 Å². The molecule has 0 radical (unpaired) electrons. The third-order valence-electron chi connectivity index (χ3n) is 7.59. The quantitative estimate of drug-likeness (QED) is 0.429. The summed E-state index contributed by atoms with van der Waals surface area (Å²) in [5.41, 5.74) is -0.807. The molecule has 0 bridgehead atoms. The molecule has 0 aromatic carbocycles. The average Bonchev–Trinajstić information content (AvgIpc) is 2.85. The van der Waals surface area contributed by atoms with E-state index in [0.29, 0.717) is 11.8 Å². The number of esters is 1. The second-order valence-electron chi connectivity index (χ2n) is 10.4. The zero-order chi connectivity index (χ0) is 18.1. The fourth-order valence-corrected chi connectivity index (χ4v) is 8.62. The Kier molecular flexibility index (Phi) is 4.10. The second-order valence-corrected chi connectivity index (χ2v) is 15.9. The van der Waals surface area contributed by atoms with Crippen molar-refractivity contribution in [2.24, 2.45) is 40.4 Å². The Hall–Kier alpha value is -0.643. The summed E-state index contributed by atoms with van der Waals surface area (Å²) in [4.78, 5) is 26.6. The molecule has 3 rings (SSSR count). The van der Waals surface area contributed by atoms with Gasteiger partial charge in [0.2, 0.25) is 0 Å². The number of rotatable bonds is 4. The van der Waals surface area contributed by atoms with Crippen molar-refractivity contribution in [3.63, 3.8) is 0 Å². The van der Waals surface area contributed by atoms with Gasteiger partial charge in [0, 0.05) is 14.0 Å². The standard InChI is InChI=1S/C20H34O3Si/c1-12(2)14-8-9-19(3)15-10-13(11-24(5,6)7)20(15,18(22)23-4)17(21)16(14)19/h12-16H,8-11H2,1-7H3/t13-,14+,15-,16?,19+,20+/m0/s1. The number of ether oxygens (including phenoxy) is 1. The maximum absolute atomic E-state index is 13.7. The van der Waals surface area contributed by atoms with Crippen molar-refractivity contribution in [2.75, 3.05) is 7.11 Å². The van der Waals surface area contributed by atoms with Crippen LogP contribution in [0.25, 0.3) is 0 Å². The molecule has 136 valence electrons.